The fourth-order valence-corrected chi connectivity index (χ4v) is 2.36. The van der Waals surface area contributed by atoms with Crippen LogP contribution in [0.3, 0.4) is 0 Å². The SMILES string of the molecule is O=C(NN=C1CCCC1)c1ccccc1I. The molecule has 0 unspecified atom stereocenters. The second-order valence-corrected chi connectivity index (χ2v) is 4.97. The van der Waals surface area contributed by atoms with Crippen molar-refractivity contribution in [2.45, 2.75) is 25.7 Å². The Hall–Kier alpha value is -0.910. The van der Waals surface area contributed by atoms with Gasteiger partial charge in [-0.3, -0.25) is 4.79 Å². The topological polar surface area (TPSA) is 41.5 Å². The van der Waals surface area contributed by atoms with Crippen LogP contribution in [0.15, 0.2) is 29.4 Å². The summed E-state index contributed by atoms with van der Waals surface area (Å²) >= 11 is 2.15. The van der Waals surface area contributed by atoms with Crippen LogP contribution in [0.5, 0.6) is 0 Å². The molecule has 84 valence electrons. The first-order valence-corrected chi connectivity index (χ1v) is 6.45. The first-order valence-electron chi connectivity index (χ1n) is 5.37. The first kappa shape index (κ1) is 11.6. The lowest BCUT2D eigenvalue weighted by Gasteiger charge is -2.03. The summed E-state index contributed by atoms with van der Waals surface area (Å²) in [6.45, 7) is 0. The van der Waals surface area contributed by atoms with E-state index in [0.29, 0.717) is 5.56 Å². The highest BCUT2D eigenvalue weighted by Crippen LogP contribution is 2.14. The van der Waals surface area contributed by atoms with Crippen molar-refractivity contribution in [1.29, 1.82) is 0 Å². The van der Waals surface area contributed by atoms with Gasteiger partial charge in [-0.1, -0.05) is 12.1 Å². The fraction of sp³-hybridized carbons (Fsp3) is 0.333. The number of carbonyl (C=O) groups excluding carboxylic acids is 1. The summed E-state index contributed by atoms with van der Waals surface area (Å²) in [5.74, 6) is -0.121. The molecule has 0 aliphatic heterocycles. The minimum atomic E-state index is -0.121. The van der Waals surface area contributed by atoms with Crippen LogP contribution < -0.4 is 5.43 Å². The van der Waals surface area contributed by atoms with Gasteiger partial charge in [0.05, 0.1) is 5.56 Å². The monoisotopic (exact) mass is 328 g/mol. The Morgan fingerprint density at radius 3 is 2.62 bits per heavy atom. The van der Waals surface area contributed by atoms with Crippen molar-refractivity contribution in [3.05, 3.63) is 33.4 Å². The van der Waals surface area contributed by atoms with Crippen molar-refractivity contribution < 1.29 is 4.79 Å². The Morgan fingerprint density at radius 2 is 1.94 bits per heavy atom. The van der Waals surface area contributed by atoms with Crippen molar-refractivity contribution in [3.63, 3.8) is 0 Å². The predicted octanol–water partition coefficient (Wildman–Crippen LogP) is 2.95. The molecule has 1 fully saturated rings. The number of rotatable bonds is 2. The number of nitrogens with one attached hydrogen (secondary N) is 1. The van der Waals surface area contributed by atoms with E-state index in [0.717, 1.165) is 22.1 Å². The summed E-state index contributed by atoms with van der Waals surface area (Å²) < 4.78 is 0.948. The molecular weight excluding hydrogens is 315 g/mol. The smallest absolute Gasteiger partial charge is 0.267 e. The summed E-state index contributed by atoms with van der Waals surface area (Å²) in [5.41, 5.74) is 4.42. The molecule has 1 aromatic carbocycles. The number of nitrogens with zero attached hydrogens (tertiary/aromatic N) is 1. The molecular formula is C12H13IN2O. The summed E-state index contributed by atoms with van der Waals surface area (Å²) in [5, 5.41) is 4.15. The largest absolute Gasteiger partial charge is 0.272 e. The molecule has 1 N–H and O–H groups in total. The van der Waals surface area contributed by atoms with Gasteiger partial charge in [0.15, 0.2) is 0 Å². The highest BCUT2D eigenvalue weighted by molar-refractivity contribution is 14.1. The van der Waals surface area contributed by atoms with Crippen LogP contribution in [0.4, 0.5) is 0 Å². The molecule has 0 saturated heterocycles. The summed E-state index contributed by atoms with van der Waals surface area (Å²) in [6.07, 6.45) is 4.42. The Kier molecular flexibility index (Phi) is 3.93. The van der Waals surface area contributed by atoms with Crippen molar-refractivity contribution in [1.82, 2.24) is 5.43 Å². The van der Waals surface area contributed by atoms with E-state index in [-0.39, 0.29) is 5.91 Å². The molecule has 2 rings (SSSR count). The van der Waals surface area contributed by atoms with Crippen LogP contribution in [0, 0.1) is 3.57 Å². The number of hydrogen-bond acceptors (Lipinski definition) is 2. The van der Waals surface area contributed by atoms with Crippen LogP contribution in [0.25, 0.3) is 0 Å². The van der Waals surface area contributed by atoms with Gasteiger partial charge in [0, 0.05) is 9.28 Å². The highest BCUT2D eigenvalue weighted by atomic mass is 127. The number of hydrogen-bond donors (Lipinski definition) is 1. The third-order valence-electron chi connectivity index (χ3n) is 2.61. The average molecular weight is 328 g/mol. The molecule has 1 aromatic rings. The van der Waals surface area contributed by atoms with E-state index < -0.39 is 0 Å². The number of hydrazone groups is 1. The summed E-state index contributed by atoms with van der Waals surface area (Å²) in [7, 11) is 0. The van der Waals surface area contributed by atoms with Gasteiger partial charge < -0.3 is 0 Å². The molecule has 0 radical (unpaired) electrons. The van der Waals surface area contributed by atoms with Crippen molar-refractivity contribution in [3.8, 4) is 0 Å². The zero-order valence-corrected chi connectivity index (χ0v) is 11.0. The maximum Gasteiger partial charge on any atom is 0.272 e. The molecule has 3 nitrogen and oxygen atoms in total. The first-order chi connectivity index (χ1) is 7.77. The second-order valence-electron chi connectivity index (χ2n) is 3.81. The van der Waals surface area contributed by atoms with Crippen LogP contribution in [0.2, 0.25) is 0 Å². The minimum absolute atomic E-state index is 0.121. The zero-order chi connectivity index (χ0) is 11.4. The maximum atomic E-state index is 11.8. The van der Waals surface area contributed by atoms with Crippen molar-refractivity contribution in [2.24, 2.45) is 5.10 Å². The second kappa shape index (κ2) is 5.43. The minimum Gasteiger partial charge on any atom is -0.267 e. The lowest BCUT2D eigenvalue weighted by Crippen LogP contribution is -2.20. The molecule has 16 heavy (non-hydrogen) atoms. The van der Waals surface area contributed by atoms with Gasteiger partial charge in [-0.2, -0.15) is 5.10 Å². The Morgan fingerprint density at radius 1 is 1.25 bits per heavy atom. The fourth-order valence-electron chi connectivity index (χ4n) is 1.73. The van der Waals surface area contributed by atoms with Crippen molar-refractivity contribution in [2.75, 3.05) is 0 Å². The summed E-state index contributed by atoms with van der Waals surface area (Å²) in [6, 6.07) is 7.51. The third kappa shape index (κ3) is 2.81. The van der Waals surface area contributed by atoms with E-state index in [1.807, 2.05) is 24.3 Å². The molecule has 1 aliphatic rings. The number of amides is 1. The molecule has 0 atom stereocenters. The predicted molar refractivity (Wildman–Crippen MR) is 72.5 cm³/mol. The molecule has 1 aliphatic carbocycles. The van der Waals surface area contributed by atoms with E-state index in [4.69, 9.17) is 0 Å². The van der Waals surface area contributed by atoms with Gasteiger partial charge in [0.2, 0.25) is 0 Å². The van der Waals surface area contributed by atoms with E-state index in [9.17, 15) is 4.79 Å². The van der Waals surface area contributed by atoms with Gasteiger partial charge in [-0.15, -0.1) is 0 Å². The molecule has 0 heterocycles. The van der Waals surface area contributed by atoms with E-state index >= 15 is 0 Å². The Bertz CT molecular complexity index is 421. The molecule has 4 heteroatoms. The van der Waals surface area contributed by atoms with Gasteiger partial charge in [0.25, 0.3) is 5.91 Å². The molecule has 0 spiro atoms. The van der Waals surface area contributed by atoms with Gasteiger partial charge in [0.1, 0.15) is 0 Å². The lowest BCUT2D eigenvalue weighted by molar-refractivity contribution is 0.0954. The normalized spacial score (nSPS) is 14.9. The third-order valence-corrected chi connectivity index (χ3v) is 3.56. The van der Waals surface area contributed by atoms with Crippen LogP contribution >= 0.6 is 22.6 Å². The Labute approximate surface area is 108 Å². The van der Waals surface area contributed by atoms with Crippen LogP contribution in [0.1, 0.15) is 36.0 Å². The van der Waals surface area contributed by atoms with Gasteiger partial charge >= 0.3 is 0 Å². The molecule has 0 aromatic heterocycles. The number of halogens is 1. The van der Waals surface area contributed by atoms with Crippen LogP contribution in [-0.2, 0) is 0 Å². The number of carbonyl (C=O) groups is 1. The quantitative estimate of drug-likeness (QED) is 0.658. The summed E-state index contributed by atoms with van der Waals surface area (Å²) in [4.78, 5) is 11.8. The maximum absolute atomic E-state index is 11.8. The zero-order valence-electron chi connectivity index (χ0n) is 8.87. The highest BCUT2D eigenvalue weighted by Gasteiger charge is 2.11. The molecule has 1 amide bonds. The van der Waals surface area contributed by atoms with Gasteiger partial charge in [-0.05, 0) is 60.4 Å². The van der Waals surface area contributed by atoms with Crippen molar-refractivity contribution >= 4 is 34.2 Å². The average Bonchev–Trinajstić information content (AvgIpc) is 2.79. The molecule has 1 saturated carbocycles. The standard InChI is InChI=1S/C12H13IN2O/c13-11-8-4-3-7-10(11)12(16)15-14-9-5-1-2-6-9/h3-4,7-8H,1-2,5-6H2,(H,15,16). The molecule has 0 bridgehead atoms. The van der Waals surface area contributed by atoms with E-state index in [1.54, 1.807) is 0 Å². The number of benzene rings is 1. The van der Waals surface area contributed by atoms with E-state index in [1.165, 1.54) is 12.8 Å². The lowest BCUT2D eigenvalue weighted by atomic mass is 10.2. The van der Waals surface area contributed by atoms with Gasteiger partial charge in [-0.25, -0.2) is 5.43 Å². The van der Waals surface area contributed by atoms with Crippen LogP contribution in [-0.4, -0.2) is 11.6 Å². The Balaban J connectivity index is 2.03. The van der Waals surface area contributed by atoms with E-state index in [2.05, 4.69) is 33.1 Å².